The highest BCUT2D eigenvalue weighted by Crippen LogP contribution is 2.27. The topological polar surface area (TPSA) is 4.93 Å². The minimum Gasteiger partial charge on any atom is -0.322 e. The summed E-state index contributed by atoms with van der Waals surface area (Å²) in [4.78, 5) is 0. The van der Waals surface area contributed by atoms with E-state index in [1.165, 1.54) is 0 Å². The highest BCUT2D eigenvalue weighted by molar-refractivity contribution is 5.72. The Hall–Kier alpha value is -2.79. The molecule has 108 valence electrons. The molecule has 3 rings (SSSR count). The van der Waals surface area contributed by atoms with Crippen LogP contribution in [0.2, 0.25) is 0 Å². The Morgan fingerprint density at radius 3 is 2.45 bits per heavy atom. The highest BCUT2D eigenvalue weighted by atomic mass is 19.1. The summed E-state index contributed by atoms with van der Waals surface area (Å²) in [5.41, 5.74) is 4.39. The molecule has 2 heteroatoms. The van der Waals surface area contributed by atoms with Crippen molar-refractivity contribution in [3.05, 3.63) is 77.9 Å². The van der Waals surface area contributed by atoms with Gasteiger partial charge in [0, 0.05) is 23.6 Å². The summed E-state index contributed by atoms with van der Waals surface area (Å²) >= 11 is 0. The Morgan fingerprint density at radius 2 is 1.77 bits per heavy atom. The van der Waals surface area contributed by atoms with Gasteiger partial charge in [0.15, 0.2) is 0 Å². The summed E-state index contributed by atoms with van der Waals surface area (Å²) in [7, 11) is 0. The number of para-hydroxylation sites is 1. The van der Waals surface area contributed by atoms with Gasteiger partial charge in [0.1, 0.15) is 5.82 Å². The van der Waals surface area contributed by atoms with E-state index in [0.29, 0.717) is 5.56 Å². The Balaban J connectivity index is 2.15. The van der Waals surface area contributed by atoms with Crippen LogP contribution in [-0.2, 0) is 0 Å². The predicted octanol–water partition coefficient (Wildman–Crippen LogP) is 4.96. The Labute approximate surface area is 130 Å². The van der Waals surface area contributed by atoms with E-state index in [1.807, 2.05) is 53.4 Å². The maximum absolute atomic E-state index is 13.9. The molecule has 0 amide bonds. The van der Waals surface area contributed by atoms with Gasteiger partial charge in [0.05, 0.1) is 5.56 Å². The van der Waals surface area contributed by atoms with Gasteiger partial charge in [0.2, 0.25) is 0 Å². The van der Waals surface area contributed by atoms with Gasteiger partial charge in [-0.25, -0.2) is 4.39 Å². The van der Waals surface area contributed by atoms with Crippen molar-refractivity contribution in [3.8, 4) is 28.7 Å². The van der Waals surface area contributed by atoms with Gasteiger partial charge in [-0.05, 0) is 43.2 Å². The molecule has 0 aliphatic rings. The first-order valence-electron chi connectivity index (χ1n) is 7.16. The van der Waals surface area contributed by atoms with E-state index in [4.69, 9.17) is 0 Å². The molecular formula is C20H16FN. The average molecular weight is 289 g/mol. The molecule has 0 unspecified atom stereocenters. The number of hydrogen-bond donors (Lipinski definition) is 0. The fraction of sp³-hybridized carbons (Fsp3) is 0.100. The van der Waals surface area contributed by atoms with Crippen molar-refractivity contribution < 1.29 is 4.39 Å². The second-order valence-corrected chi connectivity index (χ2v) is 5.17. The summed E-state index contributed by atoms with van der Waals surface area (Å²) in [6.45, 7) is 3.57. The SMILES string of the molecule is CC#Cc1cn(-c2ccccc2)cc1-c1ccc(C)c(F)c1. The lowest BCUT2D eigenvalue weighted by Gasteiger charge is -2.03. The van der Waals surface area contributed by atoms with E-state index < -0.39 is 0 Å². The molecule has 0 saturated carbocycles. The molecule has 0 atom stereocenters. The minimum atomic E-state index is -0.194. The largest absolute Gasteiger partial charge is 0.322 e. The Morgan fingerprint density at radius 1 is 1.00 bits per heavy atom. The van der Waals surface area contributed by atoms with Crippen LogP contribution in [0.15, 0.2) is 60.9 Å². The molecule has 0 bridgehead atoms. The number of halogens is 1. The second kappa shape index (κ2) is 5.91. The van der Waals surface area contributed by atoms with E-state index >= 15 is 0 Å². The molecule has 0 spiro atoms. The Bertz CT molecular complexity index is 864. The number of nitrogens with zero attached hydrogens (tertiary/aromatic N) is 1. The van der Waals surface area contributed by atoms with E-state index in [9.17, 15) is 4.39 Å². The predicted molar refractivity (Wildman–Crippen MR) is 88.5 cm³/mol. The molecule has 0 fully saturated rings. The number of hydrogen-bond acceptors (Lipinski definition) is 0. The van der Waals surface area contributed by atoms with Gasteiger partial charge in [-0.15, -0.1) is 5.92 Å². The van der Waals surface area contributed by atoms with Crippen molar-refractivity contribution in [1.29, 1.82) is 0 Å². The van der Waals surface area contributed by atoms with Crippen LogP contribution in [0.1, 0.15) is 18.1 Å². The lowest BCUT2D eigenvalue weighted by molar-refractivity contribution is 0.619. The van der Waals surface area contributed by atoms with Crippen LogP contribution in [-0.4, -0.2) is 4.57 Å². The zero-order valence-corrected chi connectivity index (χ0v) is 12.6. The zero-order chi connectivity index (χ0) is 15.5. The average Bonchev–Trinajstić information content (AvgIpc) is 2.95. The van der Waals surface area contributed by atoms with Gasteiger partial charge >= 0.3 is 0 Å². The Kier molecular flexibility index (Phi) is 3.80. The summed E-state index contributed by atoms with van der Waals surface area (Å²) in [6.07, 6.45) is 3.98. The van der Waals surface area contributed by atoms with Crippen molar-refractivity contribution in [2.75, 3.05) is 0 Å². The molecule has 0 saturated heterocycles. The third-order valence-corrected chi connectivity index (χ3v) is 3.62. The van der Waals surface area contributed by atoms with Gasteiger partial charge < -0.3 is 4.57 Å². The first-order valence-corrected chi connectivity index (χ1v) is 7.16. The van der Waals surface area contributed by atoms with E-state index in [0.717, 1.165) is 22.4 Å². The lowest BCUT2D eigenvalue weighted by Crippen LogP contribution is -1.88. The fourth-order valence-electron chi connectivity index (χ4n) is 2.43. The molecule has 0 N–H and O–H groups in total. The first-order chi connectivity index (χ1) is 10.7. The molecule has 3 aromatic rings. The molecule has 1 aromatic heterocycles. The van der Waals surface area contributed by atoms with E-state index in [-0.39, 0.29) is 5.82 Å². The molecular weight excluding hydrogens is 273 g/mol. The summed E-state index contributed by atoms with van der Waals surface area (Å²) in [5, 5.41) is 0. The highest BCUT2D eigenvalue weighted by Gasteiger charge is 2.10. The third-order valence-electron chi connectivity index (χ3n) is 3.62. The van der Waals surface area contributed by atoms with Crippen LogP contribution >= 0.6 is 0 Å². The number of aryl methyl sites for hydroxylation is 1. The summed E-state index contributed by atoms with van der Waals surface area (Å²) < 4.78 is 15.9. The minimum absolute atomic E-state index is 0.194. The normalized spacial score (nSPS) is 10.1. The van der Waals surface area contributed by atoms with Crippen LogP contribution < -0.4 is 0 Å². The van der Waals surface area contributed by atoms with Crippen molar-refractivity contribution >= 4 is 0 Å². The van der Waals surface area contributed by atoms with E-state index in [1.54, 1.807) is 26.0 Å². The zero-order valence-electron chi connectivity index (χ0n) is 12.6. The van der Waals surface area contributed by atoms with Crippen LogP contribution in [0.4, 0.5) is 4.39 Å². The van der Waals surface area contributed by atoms with Gasteiger partial charge in [-0.1, -0.05) is 36.3 Å². The number of rotatable bonds is 2. The van der Waals surface area contributed by atoms with Crippen molar-refractivity contribution in [3.63, 3.8) is 0 Å². The third kappa shape index (κ3) is 2.66. The lowest BCUT2D eigenvalue weighted by atomic mass is 10.0. The quantitative estimate of drug-likeness (QED) is 0.587. The standard InChI is InChI=1S/C20H16FN/c1-3-7-17-13-22(18-8-5-4-6-9-18)14-19(17)16-11-10-15(2)20(21)12-16/h4-6,8-14H,1-2H3. The monoisotopic (exact) mass is 289 g/mol. The molecule has 2 aromatic carbocycles. The maximum atomic E-state index is 13.9. The van der Waals surface area contributed by atoms with Crippen LogP contribution in [0.25, 0.3) is 16.8 Å². The van der Waals surface area contributed by atoms with Gasteiger partial charge in [-0.2, -0.15) is 0 Å². The van der Waals surface area contributed by atoms with Crippen LogP contribution in [0.5, 0.6) is 0 Å². The maximum Gasteiger partial charge on any atom is 0.126 e. The molecule has 0 radical (unpaired) electrons. The van der Waals surface area contributed by atoms with Crippen molar-refractivity contribution in [2.45, 2.75) is 13.8 Å². The molecule has 1 heterocycles. The van der Waals surface area contributed by atoms with Gasteiger partial charge in [0.25, 0.3) is 0 Å². The number of aromatic nitrogens is 1. The smallest absolute Gasteiger partial charge is 0.126 e. The van der Waals surface area contributed by atoms with Gasteiger partial charge in [-0.3, -0.25) is 0 Å². The van der Waals surface area contributed by atoms with Crippen molar-refractivity contribution in [1.82, 2.24) is 4.57 Å². The molecule has 0 aliphatic carbocycles. The van der Waals surface area contributed by atoms with Crippen LogP contribution in [0.3, 0.4) is 0 Å². The first kappa shape index (κ1) is 14.2. The molecule has 1 nitrogen and oxygen atoms in total. The molecule has 0 aliphatic heterocycles. The second-order valence-electron chi connectivity index (χ2n) is 5.17. The summed E-state index contributed by atoms with van der Waals surface area (Å²) in [5.74, 6) is 5.84. The van der Waals surface area contributed by atoms with Crippen molar-refractivity contribution in [2.24, 2.45) is 0 Å². The number of benzene rings is 2. The molecule has 22 heavy (non-hydrogen) atoms. The van der Waals surface area contributed by atoms with E-state index in [2.05, 4.69) is 11.8 Å². The summed E-state index contributed by atoms with van der Waals surface area (Å²) in [6, 6.07) is 15.3. The van der Waals surface area contributed by atoms with Crippen LogP contribution in [0, 0.1) is 24.6 Å². The fourth-order valence-corrected chi connectivity index (χ4v) is 2.43.